The summed E-state index contributed by atoms with van der Waals surface area (Å²) in [7, 11) is 1.66. The van der Waals surface area contributed by atoms with E-state index in [9.17, 15) is 4.79 Å². The Bertz CT molecular complexity index is 475. The van der Waals surface area contributed by atoms with Crippen LogP contribution in [0.5, 0.6) is 0 Å². The largest absolute Gasteiger partial charge is 0.376 e. The molecule has 3 nitrogen and oxygen atoms in total. The van der Waals surface area contributed by atoms with Crippen LogP contribution in [0.15, 0.2) is 30.3 Å². The average molecular weight is 376 g/mol. The second-order valence-corrected chi connectivity index (χ2v) is 7.75. The fraction of sp³-hybridized carbons (Fsp3) is 0.708. The molecule has 0 saturated carbocycles. The van der Waals surface area contributed by atoms with Crippen LogP contribution in [0.1, 0.15) is 102 Å². The molecule has 2 atom stereocenters. The van der Waals surface area contributed by atoms with Crippen LogP contribution in [0.4, 0.5) is 0 Å². The molecule has 0 aliphatic heterocycles. The van der Waals surface area contributed by atoms with Crippen molar-refractivity contribution >= 4 is 5.91 Å². The topological polar surface area (TPSA) is 52.3 Å². The lowest BCUT2D eigenvalue weighted by Crippen LogP contribution is -2.29. The molecule has 1 aromatic carbocycles. The molecule has 2 unspecified atom stereocenters. The van der Waals surface area contributed by atoms with Gasteiger partial charge in [-0.1, -0.05) is 114 Å². The summed E-state index contributed by atoms with van der Waals surface area (Å²) in [5.74, 6) is -0.505. The van der Waals surface area contributed by atoms with Crippen molar-refractivity contribution in [3.05, 3.63) is 35.9 Å². The van der Waals surface area contributed by atoms with Gasteiger partial charge in [-0.05, 0) is 12.0 Å². The molecule has 0 heterocycles. The summed E-state index contributed by atoms with van der Waals surface area (Å²) in [6.45, 7) is 2.27. The number of ether oxygens (including phenoxy) is 1. The Morgan fingerprint density at radius 2 is 1.33 bits per heavy atom. The highest BCUT2D eigenvalue weighted by atomic mass is 16.5. The molecule has 0 aromatic heterocycles. The normalized spacial score (nSPS) is 13.4. The zero-order valence-corrected chi connectivity index (χ0v) is 17.6. The Morgan fingerprint density at radius 1 is 0.852 bits per heavy atom. The number of hydrogen-bond donors (Lipinski definition) is 1. The maximum atomic E-state index is 11.9. The minimum atomic E-state index is -0.256. The van der Waals surface area contributed by atoms with E-state index < -0.39 is 0 Å². The lowest BCUT2D eigenvalue weighted by Gasteiger charge is -2.24. The van der Waals surface area contributed by atoms with Gasteiger partial charge in [0.1, 0.15) is 0 Å². The van der Waals surface area contributed by atoms with Crippen molar-refractivity contribution in [3.63, 3.8) is 0 Å². The third kappa shape index (κ3) is 10.5. The summed E-state index contributed by atoms with van der Waals surface area (Å²) in [5.41, 5.74) is 6.70. The molecule has 0 aliphatic rings. The molecule has 0 fully saturated rings. The molecule has 0 aliphatic carbocycles. The number of amides is 1. The third-order valence-corrected chi connectivity index (χ3v) is 5.48. The van der Waals surface area contributed by atoms with E-state index in [2.05, 4.69) is 6.92 Å². The van der Waals surface area contributed by atoms with Crippen molar-refractivity contribution in [2.24, 2.45) is 11.7 Å². The van der Waals surface area contributed by atoms with E-state index in [4.69, 9.17) is 10.5 Å². The van der Waals surface area contributed by atoms with Gasteiger partial charge in [0.15, 0.2) is 0 Å². The van der Waals surface area contributed by atoms with Crippen LogP contribution >= 0.6 is 0 Å². The Balaban J connectivity index is 2.16. The van der Waals surface area contributed by atoms with E-state index in [1.54, 1.807) is 7.11 Å². The molecular formula is C24H41NO2. The van der Waals surface area contributed by atoms with Crippen LogP contribution in [-0.2, 0) is 9.53 Å². The second-order valence-electron chi connectivity index (χ2n) is 7.75. The van der Waals surface area contributed by atoms with Gasteiger partial charge in [0.25, 0.3) is 0 Å². The van der Waals surface area contributed by atoms with Gasteiger partial charge in [-0.2, -0.15) is 0 Å². The van der Waals surface area contributed by atoms with Crippen LogP contribution in [0.3, 0.4) is 0 Å². The molecule has 3 heteroatoms. The van der Waals surface area contributed by atoms with Crippen molar-refractivity contribution in [1.82, 2.24) is 0 Å². The first kappa shape index (κ1) is 23.7. The number of primary amides is 1. The summed E-state index contributed by atoms with van der Waals surface area (Å²) < 4.78 is 5.62. The van der Waals surface area contributed by atoms with Crippen molar-refractivity contribution in [3.8, 4) is 0 Å². The molecule has 2 N–H and O–H groups in total. The number of rotatable bonds is 17. The Morgan fingerprint density at radius 3 is 1.78 bits per heavy atom. The van der Waals surface area contributed by atoms with Crippen molar-refractivity contribution in [2.75, 3.05) is 7.11 Å². The molecule has 27 heavy (non-hydrogen) atoms. The predicted octanol–water partition coefficient (Wildman–Crippen LogP) is 6.57. The fourth-order valence-corrected chi connectivity index (χ4v) is 3.82. The number of carbonyl (C=O) groups is 1. The van der Waals surface area contributed by atoms with Crippen molar-refractivity contribution in [1.29, 1.82) is 0 Å². The highest BCUT2D eigenvalue weighted by molar-refractivity contribution is 5.77. The quantitative estimate of drug-likeness (QED) is 0.313. The van der Waals surface area contributed by atoms with Gasteiger partial charge >= 0.3 is 0 Å². The van der Waals surface area contributed by atoms with E-state index >= 15 is 0 Å². The molecular weight excluding hydrogens is 334 g/mol. The first-order valence-electron chi connectivity index (χ1n) is 11.1. The molecule has 0 spiro atoms. The van der Waals surface area contributed by atoms with Gasteiger partial charge in [-0.3, -0.25) is 4.79 Å². The van der Waals surface area contributed by atoms with Gasteiger partial charge in [0, 0.05) is 7.11 Å². The van der Waals surface area contributed by atoms with Gasteiger partial charge in [0.05, 0.1) is 12.0 Å². The Labute approximate surface area is 167 Å². The highest BCUT2D eigenvalue weighted by Crippen LogP contribution is 2.29. The molecule has 1 rings (SSSR count). The van der Waals surface area contributed by atoms with Crippen LogP contribution in [0.25, 0.3) is 0 Å². The summed E-state index contributed by atoms with van der Waals surface area (Å²) in [5, 5.41) is 0. The Kier molecular flexibility index (Phi) is 13.8. The number of methoxy groups -OCH3 is 1. The SMILES string of the molecule is CCCCCCCCCCCCCCC(C(N)=O)C(OC)c1ccccc1. The summed E-state index contributed by atoms with van der Waals surface area (Å²) >= 11 is 0. The van der Waals surface area contributed by atoms with E-state index in [1.807, 2.05) is 30.3 Å². The first-order chi connectivity index (χ1) is 13.2. The highest BCUT2D eigenvalue weighted by Gasteiger charge is 2.27. The van der Waals surface area contributed by atoms with E-state index in [0.717, 1.165) is 18.4 Å². The second kappa shape index (κ2) is 15.7. The summed E-state index contributed by atoms with van der Waals surface area (Å²) in [4.78, 5) is 11.9. The van der Waals surface area contributed by atoms with Gasteiger partial charge in [0.2, 0.25) is 5.91 Å². The zero-order chi connectivity index (χ0) is 19.7. The number of unbranched alkanes of at least 4 members (excludes halogenated alkanes) is 11. The lowest BCUT2D eigenvalue weighted by molar-refractivity contribution is -0.126. The maximum absolute atomic E-state index is 11.9. The minimum Gasteiger partial charge on any atom is -0.376 e. The standard InChI is InChI=1S/C24H41NO2/c1-3-4-5-6-7-8-9-10-11-12-13-17-20-22(24(25)26)23(27-2)21-18-15-14-16-19-21/h14-16,18-19,22-23H,3-13,17,20H2,1-2H3,(H2,25,26). The monoisotopic (exact) mass is 375 g/mol. The molecule has 1 aromatic rings. The summed E-state index contributed by atoms with van der Waals surface area (Å²) in [6, 6.07) is 9.94. The summed E-state index contributed by atoms with van der Waals surface area (Å²) in [6.07, 6.45) is 16.4. The third-order valence-electron chi connectivity index (χ3n) is 5.48. The molecule has 1 amide bonds. The lowest BCUT2D eigenvalue weighted by atomic mass is 9.90. The molecule has 0 saturated heterocycles. The van der Waals surface area contributed by atoms with E-state index in [-0.39, 0.29) is 17.9 Å². The van der Waals surface area contributed by atoms with Crippen molar-refractivity contribution < 1.29 is 9.53 Å². The van der Waals surface area contributed by atoms with Gasteiger partial charge in [-0.25, -0.2) is 0 Å². The predicted molar refractivity (Wildman–Crippen MR) is 115 cm³/mol. The van der Waals surface area contributed by atoms with E-state index in [1.165, 1.54) is 70.6 Å². The number of hydrogen-bond acceptors (Lipinski definition) is 2. The van der Waals surface area contributed by atoms with Gasteiger partial charge in [-0.15, -0.1) is 0 Å². The maximum Gasteiger partial charge on any atom is 0.223 e. The van der Waals surface area contributed by atoms with Crippen LogP contribution in [-0.4, -0.2) is 13.0 Å². The van der Waals surface area contributed by atoms with Crippen LogP contribution in [0, 0.1) is 5.92 Å². The number of carbonyl (C=O) groups excluding carboxylic acids is 1. The average Bonchev–Trinajstić information content (AvgIpc) is 2.68. The number of benzene rings is 1. The zero-order valence-electron chi connectivity index (χ0n) is 17.6. The Hall–Kier alpha value is -1.35. The smallest absolute Gasteiger partial charge is 0.223 e. The molecule has 0 bridgehead atoms. The molecule has 154 valence electrons. The van der Waals surface area contributed by atoms with Crippen LogP contribution < -0.4 is 5.73 Å². The molecule has 0 radical (unpaired) electrons. The number of nitrogens with two attached hydrogens (primary N) is 1. The van der Waals surface area contributed by atoms with Crippen molar-refractivity contribution in [2.45, 2.75) is 96.5 Å². The van der Waals surface area contributed by atoms with Crippen LogP contribution in [0.2, 0.25) is 0 Å². The minimum absolute atomic E-state index is 0.239. The van der Waals surface area contributed by atoms with E-state index in [0.29, 0.717) is 0 Å². The first-order valence-corrected chi connectivity index (χ1v) is 11.1. The fourth-order valence-electron chi connectivity index (χ4n) is 3.82. The van der Waals surface area contributed by atoms with Gasteiger partial charge < -0.3 is 10.5 Å².